The largest absolute Gasteiger partial charge is 0.490 e. The Bertz CT molecular complexity index is 617. The number of nitro benzene ring substituents is 1. The number of hydrogen-bond acceptors (Lipinski definition) is 5. The minimum Gasteiger partial charge on any atom is -0.490 e. The predicted octanol–water partition coefficient (Wildman–Crippen LogP) is 2.90. The van der Waals surface area contributed by atoms with Crippen molar-refractivity contribution in [3.05, 3.63) is 34.4 Å². The van der Waals surface area contributed by atoms with Crippen LogP contribution in [0.15, 0.2) is 24.3 Å². The molecular formula is C18H26ClN3O4. The third kappa shape index (κ3) is 5.08. The molecule has 144 valence electrons. The van der Waals surface area contributed by atoms with Crippen LogP contribution in [0.4, 0.5) is 5.69 Å². The van der Waals surface area contributed by atoms with Gasteiger partial charge in [-0.1, -0.05) is 6.42 Å². The summed E-state index contributed by atoms with van der Waals surface area (Å²) in [7, 11) is 0. The van der Waals surface area contributed by atoms with Gasteiger partial charge in [-0.25, -0.2) is 0 Å². The molecule has 1 heterocycles. The van der Waals surface area contributed by atoms with Crippen LogP contribution in [-0.2, 0) is 4.79 Å². The summed E-state index contributed by atoms with van der Waals surface area (Å²) in [5, 5.41) is 10.7. The number of hydrogen-bond donors (Lipinski definition) is 1. The molecule has 1 aliphatic carbocycles. The molecule has 0 bridgehead atoms. The Morgan fingerprint density at radius 3 is 2.38 bits per heavy atom. The number of nitro groups is 1. The molecule has 0 radical (unpaired) electrons. The van der Waals surface area contributed by atoms with Crippen molar-refractivity contribution >= 4 is 24.0 Å². The first kappa shape index (κ1) is 20.5. The van der Waals surface area contributed by atoms with E-state index < -0.39 is 4.92 Å². The maximum absolute atomic E-state index is 12.4. The number of piperidine rings is 1. The number of non-ortho nitro benzene ring substituents is 1. The lowest BCUT2D eigenvalue weighted by molar-refractivity contribution is -0.384. The second kappa shape index (κ2) is 9.19. The number of rotatable bonds is 5. The highest BCUT2D eigenvalue weighted by Gasteiger charge is 2.30. The van der Waals surface area contributed by atoms with Gasteiger partial charge in [0.15, 0.2) is 0 Å². The van der Waals surface area contributed by atoms with Crippen LogP contribution in [0.1, 0.15) is 38.5 Å². The monoisotopic (exact) mass is 383 g/mol. The average molecular weight is 384 g/mol. The van der Waals surface area contributed by atoms with E-state index in [0.717, 1.165) is 32.1 Å². The fourth-order valence-corrected chi connectivity index (χ4v) is 3.73. The molecule has 1 aliphatic heterocycles. The zero-order chi connectivity index (χ0) is 17.8. The summed E-state index contributed by atoms with van der Waals surface area (Å²) in [5.74, 6) is 1.17. The zero-order valence-corrected chi connectivity index (χ0v) is 15.5. The van der Waals surface area contributed by atoms with Crippen LogP contribution < -0.4 is 10.5 Å². The summed E-state index contributed by atoms with van der Waals surface area (Å²) in [6, 6.07) is 6.30. The molecule has 8 heteroatoms. The van der Waals surface area contributed by atoms with E-state index in [0.29, 0.717) is 31.2 Å². The first-order chi connectivity index (χ1) is 12.0. The van der Waals surface area contributed by atoms with Crippen LogP contribution in [0, 0.1) is 16.0 Å². The molecule has 1 saturated carbocycles. The third-order valence-electron chi connectivity index (χ3n) is 5.30. The van der Waals surface area contributed by atoms with Gasteiger partial charge in [-0.05, 0) is 30.9 Å². The quantitative estimate of drug-likeness (QED) is 0.622. The molecule has 1 amide bonds. The smallest absolute Gasteiger partial charge is 0.269 e. The number of ether oxygens (including phenoxy) is 1. The molecule has 1 saturated heterocycles. The molecule has 1 aromatic carbocycles. The summed E-state index contributed by atoms with van der Waals surface area (Å²) in [4.78, 5) is 24.6. The molecule has 0 aromatic heterocycles. The minimum atomic E-state index is -0.426. The van der Waals surface area contributed by atoms with Crippen LogP contribution in [0.3, 0.4) is 0 Å². The first-order valence-electron chi connectivity index (χ1n) is 8.97. The van der Waals surface area contributed by atoms with Crippen LogP contribution in [-0.4, -0.2) is 41.0 Å². The van der Waals surface area contributed by atoms with E-state index >= 15 is 0 Å². The lowest BCUT2D eigenvalue weighted by Crippen LogP contribution is -2.43. The van der Waals surface area contributed by atoms with E-state index in [1.54, 1.807) is 12.1 Å². The van der Waals surface area contributed by atoms with E-state index in [1.165, 1.54) is 12.1 Å². The number of likely N-dealkylation sites (tertiary alicyclic amines) is 1. The van der Waals surface area contributed by atoms with Crippen LogP contribution in [0.5, 0.6) is 5.75 Å². The van der Waals surface area contributed by atoms with Gasteiger partial charge in [0, 0.05) is 50.5 Å². The lowest BCUT2D eigenvalue weighted by atomic mass is 9.98. The predicted molar refractivity (Wildman–Crippen MR) is 101 cm³/mol. The Hall–Kier alpha value is -1.86. The fraction of sp³-hybridized carbons (Fsp3) is 0.611. The lowest BCUT2D eigenvalue weighted by Gasteiger charge is -2.33. The number of nitrogens with zero attached hydrogens (tertiary/aromatic N) is 2. The fourth-order valence-electron chi connectivity index (χ4n) is 3.73. The molecule has 2 N–H and O–H groups in total. The Balaban J connectivity index is 0.00000243. The van der Waals surface area contributed by atoms with Gasteiger partial charge in [0.1, 0.15) is 11.9 Å². The van der Waals surface area contributed by atoms with Gasteiger partial charge in [-0.3, -0.25) is 14.9 Å². The van der Waals surface area contributed by atoms with E-state index in [4.69, 9.17) is 10.5 Å². The van der Waals surface area contributed by atoms with Gasteiger partial charge in [0.05, 0.1) is 4.92 Å². The highest BCUT2D eigenvalue weighted by atomic mass is 35.5. The van der Waals surface area contributed by atoms with Crippen molar-refractivity contribution in [2.75, 3.05) is 13.1 Å². The van der Waals surface area contributed by atoms with Gasteiger partial charge in [0.2, 0.25) is 5.91 Å². The molecular weight excluding hydrogens is 358 g/mol. The van der Waals surface area contributed by atoms with Gasteiger partial charge in [-0.2, -0.15) is 0 Å². The Morgan fingerprint density at radius 2 is 1.85 bits per heavy atom. The number of nitrogens with two attached hydrogens (primary N) is 1. The van der Waals surface area contributed by atoms with Crippen molar-refractivity contribution in [2.45, 2.75) is 50.7 Å². The second-order valence-corrected chi connectivity index (χ2v) is 7.01. The summed E-state index contributed by atoms with van der Waals surface area (Å²) >= 11 is 0. The van der Waals surface area contributed by atoms with E-state index in [2.05, 4.69) is 0 Å². The number of halogens is 1. The molecule has 2 fully saturated rings. The van der Waals surface area contributed by atoms with Crippen LogP contribution >= 0.6 is 12.4 Å². The molecule has 1 aromatic rings. The summed E-state index contributed by atoms with van der Waals surface area (Å²) in [6.07, 6.45) is 5.38. The van der Waals surface area contributed by atoms with Crippen LogP contribution in [0.25, 0.3) is 0 Å². The molecule has 2 atom stereocenters. The SMILES string of the molecule is Cl.N[C@@H]1CCC[C@H]1CC(=O)N1CCC(Oc2ccc([N+](=O)[O-])cc2)CC1. The van der Waals surface area contributed by atoms with Gasteiger partial charge in [-0.15, -0.1) is 12.4 Å². The average Bonchev–Trinajstić information content (AvgIpc) is 3.01. The number of carbonyl (C=O) groups excluding carboxylic acids is 1. The third-order valence-corrected chi connectivity index (χ3v) is 5.30. The van der Waals surface area contributed by atoms with Gasteiger partial charge < -0.3 is 15.4 Å². The normalized spacial score (nSPS) is 23.3. The second-order valence-electron chi connectivity index (χ2n) is 7.01. The molecule has 0 spiro atoms. The van der Waals surface area contributed by atoms with Crippen molar-refractivity contribution in [3.63, 3.8) is 0 Å². The molecule has 3 rings (SSSR count). The maximum atomic E-state index is 12.4. The van der Waals surface area contributed by atoms with Crippen molar-refractivity contribution in [1.82, 2.24) is 4.90 Å². The number of carbonyl (C=O) groups is 1. The first-order valence-corrected chi connectivity index (χ1v) is 8.97. The molecule has 2 aliphatic rings. The molecule has 26 heavy (non-hydrogen) atoms. The zero-order valence-electron chi connectivity index (χ0n) is 14.7. The maximum Gasteiger partial charge on any atom is 0.269 e. The van der Waals surface area contributed by atoms with E-state index in [9.17, 15) is 14.9 Å². The topological polar surface area (TPSA) is 98.7 Å². The highest BCUT2D eigenvalue weighted by Crippen LogP contribution is 2.28. The van der Waals surface area contributed by atoms with Crippen molar-refractivity contribution < 1.29 is 14.5 Å². The highest BCUT2D eigenvalue weighted by molar-refractivity contribution is 5.85. The van der Waals surface area contributed by atoms with Crippen molar-refractivity contribution in [1.29, 1.82) is 0 Å². The van der Waals surface area contributed by atoms with Crippen LogP contribution in [0.2, 0.25) is 0 Å². The van der Waals surface area contributed by atoms with E-state index in [1.807, 2.05) is 4.90 Å². The molecule has 7 nitrogen and oxygen atoms in total. The van der Waals surface area contributed by atoms with Gasteiger partial charge >= 0.3 is 0 Å². The van der Waals surface area contributed by atoms with E-state index in [-0.39, 0.29) is 36.1 Å². The summed E-state index contributed by atoms with van der Waals surface area (Å²) < 4.78 is 5.89. The van der Waals surface area contributed by atoms with Crippen molar-refractivity contribution in [3.8, 4) is 5.75 Å². The summed E-state index contributed by atoms with van der Waals surface area (Å²) in [6.45, 7) is 1.39. The number of benzene rings is 1. The Kier molecular flexibility index (Phi) is 7.23. The Labute approximate surface area is 159 Å². The summed E-state index contributed by atoms with van der Waals surface area (Å²) in [5.41, 5.74) is 6.11. The van der Waals surface area contributed by atoms with Gasteiger partial charge in [0.25, 0.3) is 5.69 Å². The Morgan fingerprint density at radius 1 is 1.19 bits per heavy atom. The standard InChI is InChI=1S/C18H25N3O4.ClH/c19-17-3-1-2-13(17)12-18(22)20-10-8-16(9-11-20)25-15-6-4-14(5-7-15)21(23)24;/h4-7,13,16-17H,1-3,8-12,19H2;1H/t13-,17+;/m0./s1. The number of amides is 1. The minimum absolute atomic E-state index is 0. The molecule has 0 unspecified atom stereocenters. The van der Waals surface area contributed by atoms with Crippen molar-refractivity contribution in [2.24, 2.45) is 11.7 Å².